The summed E-state index contributed by atoms with van der Waals surface area (Å²) in [5.41, 5.74) is 0. The van der Waals surface area contributed by atoms with Crippen molar-refractivity contribution in [1.29, 1.82) is 0 Å². The molecule has 2 heteroatoms. The summed E-state index contributed by atoms with van der Waals surface area (Å²) < 4.78 is 0. The molecule has 2 fully saturated rings. The Labute approximate surface area is 133 Å². The lowest BCUT2D eigenvalue weighted by atomic mass is 9.88. The largest absolute Gasteiger partial charge is 0.303 e. The van der Waals surface area contributed by atoms with Crippen LogP contribution in [0.15, 0.2) is 0 Å². The van der Waals surface area contributed by atoms with E-state index in [1.807, 2.05) is 0 Å². The molecule has 0 aliphatic carbocycles. The van der Waals surface area contributed by atoms with Crippen molar-refractivity contribution in [1.82, 2.24) is 9.80 Å². The van der Waals surface area contributed by atoms with Gasteiger partial charge in [-0.15, -0.1) is 0 Å². The molecule has 0 aromatic heterocycles. The summed E-state index contributed by atoms with van der Waals surface area (Å²) in [7, 11) is 0. The molecule has 2 saturated heterocycles. The maximum absolute atomic E-state index is 2.74. The Bertz CT molecular complexity index is 271. The summed E-state index contributed by atoms with van der Waals surface area (Å²) in [4.78, 5) is 5.39. The summed E-state index contributed by atoms with van der Waals surface area (Å²) in [6.45, 7) is 16.2. The molecule has 2 aliphatic heterocycles. The number of hydrogen-bond acceptors (Lipinski definition) is 2. The predicted octanol–water partition coefficient (Wildman–Crippen LogP) is 4.26. The quantitative estimate of drug-likeness (QED) is 0.722. The molecule has 0 N–H and O–H groups in total. The normalized spacial score (nSPS) is 24.3. The molecule has 0 saturated carbocycles. The Morgan fingerprint density at radius 1 is 0.810 bits per heavy atom. The fourth-order valence-electron chi connectivity index (χ4n) is 4.24. The summed E-state index contributed by atoms with van der Waals surface area (Å²) in [5, 5.41) is 0. The molecule has 0 aromatic rings. The highest BCUT2D eigenvalue weighted by Gasteiger charge is 2.23. The van der Waals surface area contributed by atoms with Crippen molar-refractivity contribution in [3.63, 3.8) is 0 Å². The van der Waals surface area contributed by atoms with E-state index in [0.29, 0.717) is 0 Å². The van der Waals surface area contributed by atoms with Gasteiger partial charge in [-0.3, -0.25) is 0 Å². The van der Waals surface area contributed by atoms with E-state index < -0.39 is 0 Å². The highest BCUT2D eigenvalue weighted by atomic mass is 15.2. The molecule has 2 aliphatic rings. The SMILES string of the molecule is CC(C)CC1CCN(CCC2CCN(C(C)C)CC2)CC1. The molecule has 21 heavy (non-hydrogen) atoms. The highest BCUT2D eigenvalue weighted by Crippen LogP contribution is 2.26. The van der Waals surface area contributed by atoms with Crippen molar-refractivity contribution in [2.45, 2.75) is 72.3 Å². The van der Waals surface area contributed by atoms with E-state index in [1.54, 1.807) is 0 Å². The molecule has 0 atom stereocenters. The van der Waals surface area contributed by atoms with Crippen molar-refractivity contribution in [3.05, 3.63) is 0 Å². The van der Waals surface area contributed by atoms with E-state index in [1.165, 1.54) is 71.2 Å². The first-order valence-corrected chi connectivity index (χ1v) is 9.51. The lowest BCUT2D eigenvalue weighted by Crippen LogP contribution is -2.40. The van der Waals surface area contributed by atoms with Gasteiger partial charge in [0, 0.05) is 6.04 Å². The number of hydrogen-bond donors (Lipinski definition) is 0. The zero-order chi connectivity index (χ0) is 15.2. The molecule has 0 amide bonds. The van der Waals surface area contributed by atoms with E-state index in [2.05, 4.69) is 37.5 Å². The second-order valence-corrected chi connectivity index (χ2v) is 8.28. The summed E-state index contributed by atoms with van der Waals surface area (Å²) in [6.07, 6.45) is 8.65. The number of piperidine rings is 2. The number of rotatable bonds is 6. The maximum Gasteiger partial charge on any atom is 0.00385 e. The van der Waals surface area contributed by atoms with Gasteiger partial charge < -0.3 is 9.80 Å². The molecule has 0 radical (unpaired) electrons. The molecule has 2 rings (SSSR count). The third-order valence-electron chi connectivity index (χ3n) is 5.74. The Kier molecular flexibility index (Phi) is 7.01. The molecular weight excluding hydrogens is 256 g/mol. The first kappa shape index (κ1) is 17.3. The first-order chi connectivity index (χ1) is 10.0. The van der Waals surface area contributed by atoms with E-state index >= 15 is 0 Å². The molecule has 0 spiro atoms. The van der Waals surface area contributed by atoms with Crippen LogP contribution in [0.25, 0.3) is 0 Å². The minimum absolute atomic E-state index is 0.742. The van der Waals surface area contributed by atoms with Gasteiger partial charge in [0.1, 0.15) is 0 Å². The number of nitrogens with zero attached hydrogens (tertiary/aromatic N) is 2. The third kappa shape index (κ3) is 5.90. The predicted molar refractivity (Wildman–Crippen MR) is 92.7 cm³/mol. The van der Waals surface area contributed by atoms with E-state index in [9.17, 15) is 0 Å². The topological polar surface area (TPSA) is 6.48 Å². The van der Waals surface area contributed by atoms with Crippen LogP contribution in [0.2, 0.25) is 0 Å². The van der Waals surface area contributed by atoms with Crippen LogP contribution in [0.1, 0.15) is 66.2 Å². The van der Waals surface area contributed by atoms with E-state index in [4.69, 9.17) is 0 Å². The minimum atomic E-state index is 0.742. The van der Waals surface area contributed by atoms with Crippen LogP contribution in [0.5, 0.6) is 0 Å². The molecule has 0 bridgehead atoms. The van der Waals surface area contributed by atoms with Gasteiger partial charge in [-0.1, -0.05) is 13.8 Å². The zero-order valence-electron chi connectivity index (χ0n) is 15.0. The average molecular weight is 295 g/mol. The highest BCUT2D eigenvalue weighted by molar-refractivity contribution is 4.77. The second kappa shape index (κ2) is 8.53. The van der Waals surface area contributed by atoms with Gasteiger partial charge in [0.15, 0.2) is 0 Å². The fourth-order valence-corrected chi connectivity index (χ4v) is 4.24. The van der Waals surface area contributed by atoms with Crippen LogP contribution in [0.3, 0.4) is 0 Å². The fraction of sp³-hybridized carbons (Fsp3) is 1.00. The Hall–Kier alpha value is -0.0800. The number of likely N-dealkylation sites (tertiary alicyclic amines) is 2. The molecule has 124 valence electrons. The lowest BCUT2D eigenvalue weighted by Gasteiger charge is -2.37. The van der Waals surface area contributed by atoms with E-state index in [0.717, 1.165) is 23.8 Å². The van der Waals surface area contributed by atoms with Crippen molar-refractivity contribution in [3.8, 4) is 0 Å². The molecule has 2 nitrogen and oxygen atoms in total. The van der Waals surface area contributed by atoms with Crippen molar-refractivity contribution < 1.29 is 0 Å². The van der Waals surface area contributed by atoms with Crippen molar-refractivity contribution >= 4 is 0 Å². The molecule has 2 heterocycles. The monoisotopic (exact) mass is 294 g/mol. The lowest BCUT2D eigenvalue weighted by molar-refractivity contribution is 0.124. The van der Waals surface area contributed by atoms with Crippen molar-refractivity contribution in [2.24, 2.45) is 17.8 Å². The third-order valence-corrected chi connectivity index (χ3v) is 5.74. The Balaban J connectivity index is 1.58. The van der Waals surface area contributed by atoms with Gasteiger partial charge in [-0.25, -0.2) is 0 Å². The minimum Gasteiger partial charge on any atom is -0.303 e. The standard InChI is InChI=1S/C19H38N2/c1-16(2)15-19-6-11-20(12-7-19)10-5-18-8-13-21(14-9-18)17(3)4/h16-19H,5-15H2,1-4H3. The summed E-state index contributed by atoms with van der Waals surface area (Å²) in [5.74, 6) is 2.89. The Morgan fingerprint density at radius 2 is 1.38 bits per heavy atom. The maximum atomic E-state index is 2.74. The van der Waals surface area contributed by atoms with Gasteiger partial charge in [-0.2, -0.15) is 0 Å². The second-order valence-electron chi connectivity index (χ2n) is 8.28. The van der Waals surface area contributed by atoms with Crippen molar-refractivity contribution in [2.75, 3.05) is 32.7 Å². The van der Waals surface area contributed by atoms with E-state index in [-0.39, 0.29) is 0 Å². The first-order valence-electron chi connectivity index (χ1n) is 9.51. The summed E-state index contributed by atoms with van der Waals surface area (Å²) in [6, 6.07) is 0.742. The van der Waals surface area contributed by atoms with Gasteiger partial charge in [0.25, 0.3) is 0 Å². The summed E-state index contributed by atoms with van der Waals surface area (Å²) >= 11 is 0. The van der Waals surface area contributed by atoms with Crippen LogP contribution >= 0.6 is 0 Å². The molecule has 0 aromatic carbocycles. The Morgan fingerprint density at radius 3 is 1.90 bits per heavy atom. The van der Waals surface area contributed by atoms with Gasteiger partial charge in [-0.05, 0) is 103 Å². The van der Waals surface area contributed by atoms with Crippen LogP contribution < -0.4 is 0 Å². The zero-order valence-corrected chi connectivity index (χ0v) is 15.0. The molecular formula is C19H38N2. The average Bonchev–Trinajstić information content (AvgIpc) is 2.46. The van der Waals surface area contributed by atoms with Crippen LogP contribution in [-0.4, -0.2) is 48.6 Å². The van der Waals surface area contributed by atoms with Gasteiger partial charge in [0.2, 0.25) is 0 Å². The van der Waals surface area contributed by atoms with Crippen LogP contribution in [-0.2, 0) is 0 Å². The molecule has 0 unspecified atom stereocenters. The van der Waals surface area contributed by atoms with Gasteiger partial charge >= 0.3 is 0 Å². The van der Waals surface area contributed by atoms with Crippen LogP contribution in [0, 0.1) is 17.8 Å². The van der Waals surface area contributed by atoms with Crippen LogP contribution in [0.4, 0.5) is 0 Å². The smallest absolute Gasteiger partial charge is 0.00385 e. The van der Waals surface area contributed by atoms with Gasteiger partial charge in [0.05, 0.1) is 0 Å².